The lowest BCUT2D eigenvalue weighted by molar-refractivity contribution is 0.714. The van der Waals surface area contributed by atoms with Crippen molar-refractivity contribution >= 4 is 11.6 Å². The van der Waals surface area contributed by atoms with Crippen LogP contribution in [-0.2, 0) is 10.3 Å². The molecule has 6 aromatic rings. The van der Waals surface area contributed by atoms with Crippen molar-refractivity contribution in [3.8, 4) is 0 Å². The first-order valence-electron chi connectivity index (χ1n) is 13.3. The quantitative estimate of drug-likeness (QED) is 0.145. The van der Waals surface area contributed by atoms with E-state index in [2.05, 4.69) is 164 Å². The van der Waals surface area contributed by atoms with Crippen LogP contribution in [0, 0.1) is 0 Å². The van der Waals surface area contributed by atoms with Crippen molar-refractivity contribution in [2.24, 2.45) is 0 Å². The summed E-state index contributed by atoms with van der Waals surface area (Å²) in [5, 5.41) is 0. The number of benzene rings is 6. The zero-order chi connectivity index (χ0) is 26.5. The van der Waals surface area contributed by atoms with Gasteiger partial charge in [0.05, 0.1) is 5.41 Å². The lowest BCUT2D eigenvalue weighted by Gasteiger charge is -2.41. The maximum absolute atomic E-state index is 7.99. The molecule has 0 spiro atoms. The van der Waals surface area contributed by atoms with Gasteiger partial charge in [-0.2, -0.15) is 0 Å². The fourth-order valence-electron chi connectivity index (χ4n) is 5.95. The van der Waals surface area contributed by atoms with Crippen molar-refractivity contribution in [1.82, 2.24) is 0 Å². The second kappa shape index (κ2) is 10.8. The summed E-state index contributed by atoms with van der Waals surface area (Å²) < 4.78 is 0. The molecule has 0 N–H and O–H groups in total. The van der Waals surface area contributed by atoms with Crippen LogP contribution in [0.4, 0.5) is 0 Å². The molecule has 0 radical (unpaired) electrons. The zero-order valence-corrected chi connectivity index (χ0v) is 22.4. The largest absolute Gasteiger partial charge is 0.120 e. The van der Waals surface area contributed by atoms with Crippen molar-refractivity contribution in [3.05, 3.63) is 215 Å². The van der Waals surface area contributed by atoms with Crippen LogP contribution in [0.25, 0.3) is 0 Å². The summed E-state index contributed by atoms with van der Waals surface area (Å²) >= 11 is 7.99. The molecule has 0 amide bonds. The van der Waals surface area contributed by atoms with Gasteiger partial charge in [-0.3, -0.25) is 0 Å². The minimum Gasteiger partial charge on any atom is -0.104 e. The summed E-state index contributed by atoms with van der Waals surface area (Å²) in [6.45, 7) is 0. The van der Waals surface area contributed by atoms with Gasteiger partial charge in [-0.1, -0.05) is 176 Å². The number of alkyl halides is 1. The zero-order valence-electron chi connectivity index (χ0n) is 21.6. The maximum atomic E-state index is 7.99. The van der Waals surface area contributed by atoms with Crippen molar-refractivity contribution in [2.45, 2.75) is 10.3 Å². The minimum absolute atomic E-state index is 0.607. The van der Waals surface area contributed by atoms with Gasteiger partial charge in [0.1, 0.15) is 4.87 Å². The van der Waals surface area contributed by atoms with E-state index in [9.17, 15) is 0 Å². The fraction of sp³-hybridized carbons (Fsp3) is 0.0526. The van der Waals surface area contributed by atoms with Crippen LogP contribution in [0.5, 0.6) is 0 Å². The highest BCUT2D eigenvalue weighted by molar-refractivity contribution is 6.28. The molecule has 0 aliphatic heterocycles. The standard InChI is InChI=1S/C38H29Cl/c39-38(33-24-12-4-13-25-33,34-26-14-5-15-27-34)36-29-17-16-28-35(36)37(30-18-6-1-7-19-30,31-20-8-2-9-21-31)32-22-10-3-11-23-32/h1-29H. The van der Waals surface area contributed by atoms with Gasteiger partial charge in [0.2, 0.25) is 0 Å². The van der Waals surface area contributed by atoms with Gasteiger partial charge in [-0.25, -0.2) is 0 Å². The normalized spacial score (nSPS) is 11.7. The molecule has 0 unspecified atom stereocenters. The van der Waals surface area contributed by atoms with E-state index in [0.29, 0.717) is 0 Å². The number of hydrogen-bond donors (Lipinski definition) is 0. The number of hydrogen-bond acceptors (Lipinski definition) is 0. The molecule has 0 saturated carbocycles. The third-order valence-corrected chi connectivity index (χ3v) is 8.31. The highest BCUT2D eigenvalue weighted by Gasteiger charge is 2.45. The fourth-order valence-corrected chi connectivity index (χ4v) is 6.37. The SMILES string of the molecule is ClC(c1ccccc1)(c1ccccc1)c1ccccc1C(c1ccccc1)(c1ccccc1)c1ccccc1. The van der Waals surface area contributed by atoms with Crippen LogP contribution in [0.3, 0.4) is 0 Å². The molecule has 6 rings (SSSR count). The molecule has 6 aromatic carbocycles. The van der Waals surface area contributed by atoms with Crippen molar-refractivity contribution in [2.75, 3.05) is 0 Å². The Morgan fingerprint density at radius 1 is 0.282 bits per heavy atom. The summed E-state index contributed by atoms with van der Waals surface area (Å²) in [5.41, 5.74) is 7.24. The minimum atomic E-state index is -0.914. The molecule has 0 nitrogen and oxygen atoms in total. The van der Waals surface area contributed by atoms with E-state index in [1.165, 1.54) is 16.7 Å². The predicted molar refractivity (Wildman–Crippen MR) is 163 cm³/mol. The Labute approximate surface area is 236 Å². The first kappa shape index (κ1) is 24.9. The highest BCUT2D eigenvalue weighted by Crippen LogP contribution is 2.52. The van der Waals surface area contributed by atoms with Crippen molar-refractivity contribution < 1.29 is 0 Å². The lowest BCUT2D eigenvalue weighted by atomic mass is 9.62. The summed E-state index contributed by atoms with van der Waals surface area (Å²) in [5.74, 6) is 0. The average Bonchev–Trinajstić information content (AvgIpc) is 3.04. The molecule has 1 heteroatoms. The second-order valence-electron chi connectivity index (χ2n) is 9.78. The molecule has 39 heavy (non-hydrogen) atoms. The maximum Gasteiger partial charge on any atom is 0.120 e. The second-order valence-corrected chi connectivity index (χ2v) is 10.4. The Morgan fingerprint density at radius 2 is 0.538 bits per heavy atom. The molecule has 188 valence electrons. The van der Waals surface area contributed by atoms with Gasteiger partial charge in [-0.05, 0) is 38.9 Å². The van der Waals surface area contributed by atoms with Crippen LogP contribution in [0.1, 0.15) is 38.9 Å². The Kier molecular flexibility index (Phi) is 6.88. The van der Waals surface area contributed by atoms with Gasteiger partial charge in [-0.15, -0.1) is 11.6 Å². The summed E-state index contributed by atoms with van der Waals surface area (Å²) in [6, 6.07) is 62.0. The van der Waals surface area contributed by atoms with Gasteiger partial charge < -0.3 is 0 Å². The summed E-state index contributed by atoms with van der Waals surface area (Å²) in [4.78, 5) is -0.914. The van der Waals surface area contributed by atoms with E-state index in [1.54, 1.807) is 0 Å². The first-order chi connectivity index (χ1) is 19.3. The molecule has 0 fully saturated rings. The molecule has 0 aromatic heterocycles. The Morgan fingerprint density at radius 3 is 0.872 bits per heavy atom. The molecule has 0 aliphatic rings. The van der Waals surface area contributed by atoms with E-state index in [4.69, 9.17) is 11.6 Å². The smallest absolute Gasteiger partial charge is 0.104 e. The van der Waals surface area contributed by atoms with Crippen LogP contribution < -0.4 is 0 Å². The summed E-state index contributed by atoms with van der Waals surface area (Å²) in [6.07, 6.45) is 0. The van der Waals surface area contributed by atoms with Gasteiger partial charge in [0.15, 0.2) is 0 Å². The monoisotopic (exact) mass is 520 g/mol. The molecular weight excluding hydrogens is 492 g/mol. The van der Waals surface area contributed by atoms with E-state index in [0.717, 1.165) is 22.3 Å². The molecule has 0 bridgehead atoms. The van der Waals surface area contributed by atoms with E-state index in [-0.39, 0.29) is 0 Å². The van der Waals surface area contributed by atoms with Crippen LogP contribution in [-0.4, -0.2) is 0 Å². The van der Waals surface area contributed by atoms with Crippen molar-refractivity contribution in [1.29, 1.82) is 0 Å². The Hall–Kier alpha value is -4.39. The van der Waals surface area contributed by atoms with Gasteiger partial charge in [0.25, 0.3) is 0 Å². The van der Waals surface area contributed by atoms with E-state index in [1.807, 2.05) is 12.1 Å². The van der Waals surface area contributed by atoms with Gasteiger partial charge >= 0.3 is 0 Å². The van der Waals surface area contributed by atoms with Crippen molar-refractivity contribution in [3.63, 3.8) is 0 Å². The van der Waals surface area contributed by atoms with Gasteiger partial charge in [0, 0.05) is 0 Å². The molecule has 0 atom stereocenters. The summed E-state index contributed by atoms with van der Waals surface area (Å²) in [7, 11) is 0. The van der Waals surface area contributed by atoms with E-state index < -0.39 is 10.3 Å². The highest BCUT2D eigenvalue weighted by atomic mass is 35.5. The molecule has 0 aliphatic carbocycles. The van der Waals surface area contributed by atoms with Crippen LogP contribution in [0.15, 0.2) is 176 Å². The molecular formula is C38H29Cl. The first-order valence-corrected chi connectivity index (χ1v) is 13.7. The molecule has 0 heterocycles. The van der Waals surface area contributed by atoms with Crippen LogP contribution in [0.2, 0.25) is 0 Å². The third-order valence-electron chi connectivity index (χ3n) is 7.67. The predicted octanol–water partition coefficient (Wildman–Crippen LogP) is 9.60. The Balaban J connectivity index is 1.78. The number of rotatable bonds is 7. The third kappa shape index (κ3) is 4.28. The average molecular weight is 521 g/mol. The topological polar surface area (TPSA) is 0 Å². The lowest BCUT2D eigenvalue weighted by Crippen LogP contribution is -2.35. The van der Waals surface area contributed by atoms with Crippen LogP contribution >= 0.6 is 11.6 Å². The number of halogens is 1. The molecule has 0 saturated heterocycles. The van der Waals surface area contributed by atoms with E-state index >= 15 is 0 Å². The Bertz CT molecular complexity index is 1490.